The van der Waals surface area contributed by atoms with E-state index in [2.05, 4.69) is 4.99 Å². The molecule has 2 atom stereocenters. The van der Waals surface area contributed by atoms with E-state index >= 15 is 0 Å². The lowest BCUT2D eigenvalue weighted by Crippen LogP contribution is -2.45. The van der Waals surface area contributed by atoms with Crippen LogP contribution >= 0.6 is 0 Å². The Hall–Kier alpha value is -1.80. The monoisotopic (exact) mass is 410 g/mol. The smallest absolute Gasteiger partial charge is 0.303 e. The Morgan fingerprint density at radius 3 is 2.86 bits per heavy atom. The van der Waals surface area contributed by atoms with Gasteiger partial charge in [0, 0.05) is 31.8 Å². The molecule has 0 saturated carbocycles. The van der Waals surface area contributed by atoms with Gasteiger partial charge in [-0.3, -0.25) is 9.79 Å². The third kappa shape index (κ3) is 4.78. The van der Waals surface area contributed by atoms with Gasteiger partial charge in [0.25, 0.3) is 0 Å². The van der Waals surface area contributed by atoms with Crippen LogP contribution in [0.5, 0.6) is 0 Å². The molecule has 0 spiro atoms. The lowest BCUT2D eigenvalue weighted by Gasteiger charge is -2.38. The third-order valence-corrected chi connectivity index (χ3v) is 7.71. The molecular formula is C20H27FN2O4S. The molecule has 154 valence electrons. The maximum atomic E-state index is 13.6. The molecule has 1 saturated heterocycles. The molecule has 2 aliphatic heterocycles. The summed E-state index contributed by atoms with van der Waals surface area (Å²) >= 11 is 0. The largest absolute Gasteiger partial charge is 0.481 e. The molecule has 8 heteroatoms. The molecule has 3 rings (SSSR count). The fourth-order valence-corrected chi connectivity index (χ4v) is 5.86. The number of carboxylic acids is 1. The van der Waals surface area contributed by atoms with Crippen LogP contribution < -0.4 is 0 Å². The van der Waals surface area contributed by atoms with Crippen LogP contribution in [0.25, 0.3) is 0 Å². The molecule has 0 aromatic heterocycles. The minimum Gasteiger partial charge on any atom is -0.481 e. The first kappa shape index (κ1) is 20.9. The van der Waals surface area contributed by atoms with Crippen molar-refractivity contribution in [2.75, 3.05) is 25.4 Å². The average Bonchev–Trinajstić information content (AvgIpc) is 2.62. The van der Waals surface area contributed by atoms with E-state index in [1.54, 1.807) is 6.07 Å². The van der Waals surface area contributed by atoms with Gasteiger partial charge in [0.05, 0.1) is 5.75 Å². The number of sulfonamides is 1. The van der Waals surface area contributed by atoms with Crippen molar-refractivity contribution in [3.63, 3.8) is 0 Å². The molecule has 2 unspecified atom stereocenters. The highest BCUT2D eigenvalue weighted by atomic mass is 32.2. The standard InChI is InChI=1S/C20H27FN2O4S/c1-2-9-28(26,27)23-8-6-14(12-20(24)25)16(13-23)11-19-18-4-3-17(21)10-15(18)5-7-22-19/h3-4,10,14,16H,2,5-9,11-13H2,1H3,(H,24,25). The van der Waals surface area contributed by atoms with E-state index in [-0.39, 0.29) is 29.8 Å². The maximum Gasteiger partial charge on any atom is 0.303 e. The highest BCUT2D eigenvalue weighted by Crippen LogP contribution is 2.33. The van der Waals surface area contributed by atoms with Gasteiger partial charge < -0.3 is 5.11 Å². The first-order valence-electron chi connectivity index (χ1n) is 9.82. The second-order valence-electron chi connectivity index (χ2n) is 7.66. The Balaban J connectivity index is 1.83. The number of aliphatic carboxylic acids is 1. The Bertz CT molecular complexity index is 869. The number of aliphatic imine (C=N–C) groups is 1. The van der Waals surface area contributed by atoms with E-state index in [4.69, 9.17) is 0 Å². The predicted molar refractivity (Wildman–Crippen MR) is 106 cm³/mol. The van der Waals surface area contributed by atoms with Gasteiger partial charge >= 0.3 is 5.97 Å². The maximum absolute atomic E-state index is 13.6. The van der Waals surface area contributed by atoms with Crippen LogP contribution in [0.1, 0.15) is 43.7 Å². The van der Waals surface area contributed by atoms with Gasteiger partial charge in [0.15, 0.2) is 0 Å². The number of piperidine rings is 1. The van der Waals surface area contributed by atoms with Gasteiger partial charge in [-0.15, -0.1) is 0 Å². The Kier molecular flexibility index (Phi) is 6.50. The average molecular weight is 411 g/mol. The molecule has 1 aromatic rings. The summed E-state index contributed by atoms with van der Waals surface area (Å²) in [6.45, 7) is 3.08. The molecule has 1 aromatic carbocycles. The van der Waals surface area contributed by atoms with E-state index in [0.717, 1.165) is 16.8 Å². The molecule has 1 N–H and O–H groups in total. The molecule has 2 heterocycles. The minimum atomic E-state index is -3.33. The van der Waals surface area contributed by atoms with Crippen LogP contribution in [0.4, 0.5) is 4.39 Å². The summed E-state index contributed by atoms with van der Waals surface area (Å²) in [5, 5.41) is 9.28. The molecule has 0 bridgehead atoms. The van der Waals surface area contributed by atoms with Gasteiger partial charge in [-0.1, -0.05) is 6.92 Å². The van der Waals surface area contributed by atoms with Crippen LogP contribution in [-0.4, -0.2) is 54.9 Å². The van der Waals surface area contributed by atoms with Crippen molar-refractivity contribution < 1.29 is 22.7 Å². The van der Waals surface area contributed by atoms with Gasteiger partial charge in [-0.2, -0.15) is 0 Å². The molecule has 0 radical (unpaired) electrons. The fraction of sp³-hybridized carbons (Fsp3) is 0.600. The van der Waals surface area contributed by atoms with Crippen LogP contribution in [0.2, 0.25) is 0 Å². The lowest BCUT2D eigenvalue weighted by molar-refractivity contribution is -0.138. The van der Waals surface area contributed by atoms with Crippen molar-refractivity contribution in [1.82, 2.24) is 4.31 Å². The third-order valence-electron chi connectivity index (χ3n) is 5.66. The zero-order chi connectivity index (χ0) is 20.3. The van der Waals surface area contributed by atoms with Gasteiger partial charge in [-0.25, -0.2) is 17.1 Å². The number of carboxylic acid groups (broad SMARTS) is 1. The number of carbonyl (C=O) groups is 1. The van der Waals surface area contributed by atoms with Crippen LogP contribution in [0.15, 0.2) is 23.2 Å². The first-order chi connectivity index (χ1) is 13.3. The highest BCUT2D eigenvalue weighted by Gasteiger charge is 2.36. The Morgan fingerprint density at radius 2 is 2.14 bits per heavy atom. The summed E-state index contributed by atoms with van der Waals surface area (Å²) in [6.07, 6.45) is 2.29. The van der Waals surface area contributed by atoms with Gasteiger partial charge in [0.1, 0.15) is 5.82 Å². The van der Waals surface area contributed by atoms with Crippen molar-refractivity contribution in [2.45, 2.75) is 39.0 Å². The number of fused-ring (bicyclic) bond motifs is 1. The number of rotatable bonds is 7. The quantitative estimate of drug-likeness (QED) is 0.749. The van der Waals surface area contributed by atoms with Crippen molar-refractivity contribution in [3.05, 3.63) is 35.1 Å². The number of nitrogens with zero attached hydrogens (tertiary/aromatic N) is 2. The number of benzene rings is 1. The summed E-state index contributed by atoms with van der Waals surface area (Å²) in [5.74, 6) is -1.26. The number of halogens is 1. The van der Waals surface area contributed by atoms with Crippen LogP contribution in [-0.2, 0) is 21.2 Å². The van der Waals surface area contributed by atoms with E-state index in [1.807, 2.05) is 6.92 Å². The Labute approximate surface area is 165 Å². The fourth-order valence-electron chi connectivity index (χ4n) is 4.28. The van der Waals surface area contributed by atoms with Gasteiger partial charge in [-0.05, 0) is 66.8 Å². The molecular weight excluding hydrogens is 383 g/mol. The number of hydrogen-bond acceptors (Lipinski definition) is 4. The molecule has 6 nitrogen and oxygen atoms in total. The molecule has 28 heavy (non-hydrogen) atoms. The van der Waals surface area contributed by atoms with E-state index in [1.165, 1.54) is 16.4 Å². The summed E-state index contributed by atoms with van der Waals surface area (Å²) in [4.78, 5) is 15.9. The second kappa shape index (κ2) is 8.69. The van der Waals surface area contributed by atoms with Crippen LogP contribution in [0.3, 0.4) is 0 Å². The number of hydrogen-bond donors (Lipinski definition) is 1. The Morgan fingerprint density at radius 1 is 1.36 bits per heavy atom. The second-order valence-corrected chi connectivity index (χ2v) is 9.75. The van der Waals surface area contributed by atoms with Crippen molar-refractivity contribution in [2.24, 2.45) is 16.8 Å². The summed E-state index contributed by atoms with van der Waals surface area (Å²) < 4.78 is 40.1. The zero-order valence-electron chi connectivity index (χ0n) is 16.1. The minimum absolute atomic E-state index is 0.0237. The summed E-state index contributed by atoms with van der Waals surface area (Å²) in [7, 11) is -3.33. The SMILES string of the molecule is CCCS(=O)(=O)N1CCC(CC(=O)O)C(CC2=NCCc3cc(F)ccc32)C1. The summed E-state index contributed by atoms with van der Waals surface area (Å²) in [5.41, 5.74) is 2.64. The molecule has 0 aliphatic carbocycles. The van der Waals surface area contributed by atoms with E-state index < -0.39 is 16.0 Å². The zero-order valence-corrected chi connectivity index (χ0v) is 16.9. The van der Waals surface area contributed by atoms with Crippen molar-refractivity contribution >= 4 is 21.7 Å². The normalized spacial score (nSPS) is 23.1. The lowest BCUT2D eigenvalue weighted by atomic mass is 9.79. The molecule has 1 fully saturated rings. The van der Waals surface area contributed by atoms with Crippen LogP contribution in [0, 0.1) is 17.7 Å². The molecule has 0 amide bonds. The summed E-state index contributed by atoms with van der Waals surface area (Å²) in [6, 6.07) is 4.66. The topological polar surface area (TPSA) is 87.0 Å². The van der Waals surface area contributed by atoms with Crippen molar-refractivity contribution in [1.29, 1.82) is 0 Å². The predicted octanol–water partition coefficient (Wildman–Crippen LogP) is 2.71. The first-order valence-corrected chi connectivity index (χ1v) is 11.4. The van der Waals surface area contributed by atoms with E-state index in [9.17, 15) is 22.7 Å². The van der Waals surface area contributed by atoms with Crippen molar-refractivity contribution in [3.8, 4) is 0 Å². The van der Waals surface area contributed by atoms with Gasteiger partial charge in [0.2, 0.25) is 10.0 Å². The molecule has 2 aliphatic rings. The highest BCUT2D eigenvalue weighted by molar-refractivity contribution is 7.89. The van der Waals surface area contributed by atoms with E-state index in [0.29, 0.717) is 45.3 Å².